The lowest BCUT2D eigenvalue weighted by molar-refractivity contribution is -0.139. The third kappa shape index (κ3) is 6.00. The first kappa shape index (κ1) is 24.7. The molecule has 2 aromatic carbocycles. The van der Waals surface area contributed by atoms with Crippen molar-refractivity contribution in [2.24, 2.45) is 5.92 Å². The van der Waals surface area contributed by atoms with Crippen LogP contribution in [0.4, 0.5) is 4.79 Å². The quantitative estimate of drug-likeness (QED) is 0.483. The predicted molar refractivity (Wildman–Crippen MR) is 132 cm³/mol. The molecule has 0 saturated carbocycles. The molecule has 0 spiro atoms. The number of hydrogen-bond donors (Lipinski definition) is 3. The van der Waals surface area contributed by atoms with Crippen molar-refractivity contribution in [2.75, 3.05) is 32.8 Å². The highest BCUT2D eigenvalue weighted by Gasteiger charge is 2.31. The molecular weight excluding hydrogens is 446 g/mol. The first-order valence-corrected chi connectivity index (χ1v) is 12.3. The summed E-state index contributed by atoms with van der Waals surface area (Å²) < 4.78 is 5.49. The molecule has 2 atom stereocenters. The number of likely N-dealkylation sites (tertiary alicyclic amines) is 1. The van der Waals surface area contributed by atoms with Gasteiger partial charge in [0.15, 0.2) is 0 Å². The molecule has 8 nitrogen and oxygen atoms in total. The second-order valence-corrected chi connectivity index (χ2v) is 9.32. The number of carboxylic acid groups (broad SMARTS) is 1. The molecule has 4 rings (SSSR count). The van der Waals surface area contributed by atoms with E-state index in [2.05, 4.69) is 22.5 Å². The number of alkyl carbamates (subject to hydrolysis) is 1. The normalized spacial score (nSPS) is 17.9. The van der Waals surface area contributed by atoms with Crippen molar-refractivity contribution in [1.29, 1.82) is 0 Å². The number of nitrogens with one attached hydrogen (secondary N) is 2. The number of carbonyl (C=O) groups excluding carboxylic acids is 2. The standard InChI is InChI=1S/C27H33N3O5/c1-2-12-30-13-11-18(16-30)15-28-26(33)24(14-25(31)32)29-27(34)35-17-23-21-9-5-3-7-19(21)20-8-4-6-10-22(20)23/h3-10,18,23-24H,2,11-17H2,1H3,(H,28,33)(H,29,34)(H,31,32). The van der Waals surface area contributed by atoms with Crippen LogP contribution >= 0.6 is 0 Å². The van der Waals surface area contributed by atoms with Crippen molar-refractivity contribution in [2.45, 2.75) is 38.1 Å². The van der Waals surface area contributed by atoms with E-state index in [1.165, 1.54) is 0 Å². The molecule has 1 saturated heterocycles. The third-order valence-corrected chi connectivity index (χ3v) is 6.81. The zero-order chi connectivity index (χ0) is 24.8. The van der Waals surface area contributed by atoms with Crippen LogP contribution in [0, 0.1) is 5.92 Å². The van der Waals surface area contributed by atoms with Gasteiger partial charge < -0.3 is 25.4 Å². The molecule has 3 N–H and O–H groups in total. The summed E-state index contributed by atoms with van der Waals surface area (Å²) in [6, 6.07) is 14.8. The van der Waals surface area contributed by atoms with E-state index in [1.54, 1.807) is 0 Å². The number of aliphatic carboxylic acids is 1. The minimum atomic E-state index is -1.20. The van der Waals surface area contributed by atoms with Crippen molar-refractivity contribution in [3.8, 4) is 11.1 Å². The Morgan fingerprint density at radius 1 is 1.09 bits per heavy atom. The summed E-state index contributed by atoms with van der Waals surface area (Å²) in [5.41, 5.74) is 4.39. The number of fused-ring (bicyclic) bond motifs is 3. The van der Waals surface area contributed by atoms with Gasteiger partial charge in [0.25, 0.3) is 0 Å². The van der Waals surface area contributed by atoms with E-state index in [0.29, 0.717) is 12.5 Å². The number of carbonyl (C=O) groups is 3. The Balaban J connectivity index is 1.33. The molecule has 2 aliphatic rings. The van der Waals surface area contributed by atoms with Gasteiger partial charge in [-0.05, 0) is 54.1 Å². The van der Waals surface area contributed by atoms with Gasteiger partial charge in [0.1, 0.15) is 12.6 Å². The van der Waals surface area contributed by atoms with Crippen LogP contribution in [-0.2, 0) is 14.3 Å². The van der Waals surface area contributed by atoms with Crippen LogP contribution in [0.2, 0.25) is 0 Å². The van der Waals surface area contributed by atoms with E-state index in [4.69, 9.17) is 4.74 Å². The van der Waals surface area contributed by atoms with Crippen LogP contribution in [0.3, 0.4) is 0 Å². The molecule has 1 aliphatic heterocycles. The van der Waals surface area contributed by atoms with E-state index in [9.17, 15) is 19.5 Å². The number of nitrogens with zero attached hydrogens (tertiary/aromatic N) is 1. The van der Waals surface area contributed by atoms with Gasteiger partial charge in [-0.25, -0.2) is 4.79 Å². The Hall–Kier alpha value is -3.39. The maximum atomic E-state index is 12.7. The van der Waals surface area contributed by atoms with E-state index >= 15 is 0 Å². The molecule has 0 aromatic heterocycles. The topological polar surface area (TPSA) is 108 Å². The van der Waals surface area contributed by atoms with Gasteiger partial charge in [-0.3, -0.25) is 9.59 Å². The van der Waals surface area contributed by atoms with Gasteiger partial charge in [0, 0.05) is 19.0 Å². The van der Waals surface area contributed by atoms with Gasteiger partial charge in [0.2, 0.25) is 5.91 Å². The van der Waals surface area contributed by atoms with Gasteiger partial charge >= 0.3 is 12.1 Å². The average Bonchev–Trinajstić information content (AvgIpc) is 3.43. The fourth-order valence-electron chi connectivity index (χ4n) is 5.13. The van der Waals surface area contributed by atoms with Crippen LogP contribution in [0.1, 0.15) is 43.2 Å². The van der Waals surface area contributed by atoms with Crippen LogP contribution in [0.15, 0.2) is 48.5 Å². The molecule has 2 amide bonds. The Bertz CT molecular complexity index is 1030. The molecule has 2 aromatic rings. The zero-order valence-corrected chi connectivity index (χ0v) is 20.0. The van der Waals surface area contributed by atoms with E-state index in [0.717, 1.165) is 54.7 Å². The monoisotopic (exact) mass is 479 g/mol. The molecule has 1 heterocycles. The zero-order valence-electron chi connectivity index (χ0n) is 20.0. The van der Waals surface area contributed by atoms with Crippen LogP contribution in [0.25, 0.3) is 11.1 Å². The lowest BCUT2D eigenvalue weighted by Gasteiger charge is -2.20. The third-order valence-electron chi connectivity index (χ3n) is 6.81. The summed E-state index contributed by atoms with van der Waals surface area (Å²) in [5, 5.41) is 14.5. The Morgan fingerprint density at radius 3 is 2.37 bits per heavy atom. The first-order chi connectivity index (χ1) is 17.0. The average molecular weight is 480 g/mol. The predicted octanol–water partition coefficient (Wildman–Crippen LogP) is 3.22. The summed E-state index contributed by atoms with van der Waals surface area (Å²) in [5.74, 6) is -1.47. The van der Waals surface area contributed by atoms with Crippen molar-refractivity contribution in [1.82, 2.24) is 15.5 Å². The summed E-state index contributed by atoms with van der Waals surface area (Å²) >= 11 is 0. The lowest BCUT2D eigenvalue weighted by Crippen LogP contribution is -2.49. The van der Waals surface area contributed by atoms with Gasteiger partial charge in [-0.15, -0.1) is 0 Å². The van der Waals surface area contributed by atoms with E-state index < -0.39 is 30.4 Å². The van der Waals surface area contributed by atoms with E-state index in [-0.39, 0.29) is 12.5 Å². The summed E-state index contributed by atoms with van der Waals surface area (Å²) in [4.78, 5) is 39.0. The Morgan fingerprint density at radius 2 is 1.74 bits per heavy atom. The van der Waals surface area contributed by atoms with Gasteiger partial charge in [0.05, 0.1) is 6.42 Å². The SMILES string of the molecule is CCCN1CCC(CNC(=O)C(CC(=O)O)NC(=O)OCC2c3ccccc3-c3ccccc32)C1. The number of rotatable bonds is 10. The van der Waals surface area contributed by atoms with Crippen molar-refractivity contribution >= 4 is 18.0 Å². The van der Waals surface area contributed by atoms with Crippen molar-refractivity contribution in [3.63, 3.8) is 0 Å². The molecule has 0 radical (unpaired) electrons. The molecule has 1 fully saturated rings. The Labute approximate surface area is 205 Å². The van der Waals surface area contributed by atoms with Gasteiger partial charge in [-0.2, -0.15) is 0 Å². The molecular formula is C27H33N3O5. The second-order valence-electron chi connectivity index (χ2n) is 9.32. The molecule has 0 bridgehead atoms. The minimum Gasteiger partial charge on any atom is -0.481 e. The van der Waals surface area contributed by atoms with Crippen molar-refractivity contribution < 1.29 is 24.2 Å². The number of ether oxygens (including phenoxy) is 1. The van der Waals surface area contributed by atoms with E-state index in [1.807, 2.05) is 48.5 Å². The fraction of sp³-hybridized carbons (Fsp3) is 0.444. The van der Waals surface area contributed by atoms with Crippen LogP contribution in [-0.4, -0.2) is 66.8 Å². The maximum Gasteiger partial charge on any atom is 0.407 e. The molecule has 2 unspecified atom stereocenters. The smallest absolute Gasteiger partial charge is 0.407 e. The molecule has 8 heteroatoms. The Kier molecular flexibility index (Phi) is 8.02. The molecule has 35 heavy (non-hydrogen) atoms. The first-order valence-electron chi connectivity index (χ1n) is 12.3. The minimum absolute atomic E-state index is 0.0939. The summed E-state index contributed by atoms with van der Waals surface area (Å²) in [6.45, 7) is 5.65. The maximum absolute atomic E-state index is 12.7. The summed E-state index contributed by atoms with van der Waals surface area (Å²) in [6.07, 6.45) is 0.763. The number of carboxylic acids is 1. The largest absolute Gasteiger partial charge is 0.481 e. The molecule has 186 valence electrons. The van der Waals surface area contributed by atoms with Crippen LogP contribution in [0.5, 0.6) is 0 Å². The number of benzene rings is 2. The van der Waals surface area contributed by atoms with Gasteiger partial charge in [-0.1, -0.05) is 55.5 Å². The number of hydrogen-bond acceptors (Lipinski definition) is 5. The van der Waals surface area contributed by atoms with Crippen LogP contribution < -0.4 is 10.6 Å². The lowest BCUT2D eigenvalue weighted by atomic mass is 9.98. The highest BCUT2D eigenvalue weighted by Crippen LogP contribution is 2.44. The second kappa shape index (κ2) is 11.4. The highest BCUT2D eigenvalue weighted by atomic mass is 16.5. The molecule has 1 aliphatic carbocycles. The fourth-order valence-corrected chi connectivity index (χ4v) is 5.13. The number of amides is 2. The van der Waals surface area contributed by atoms with Crippen molar-refractivity contribution in [3.05, 3.63) is 59.7 Å². The summed E-state index contributed by atoms with van der Waals surface area (Å²) in [7, 11) is 0. The highest BCUT2D eigenvalue weighted by molar-refractivity contribution is 5.89.